The number of halogens is 1. The number of aromatic nitrogens is 1. The summed E-state index contributed by atoms with van der Waals surface area (Å²) in [6.07, 6.45) is 1.72. The summed E-state index contributed by atoms with van der Waals surface area (Å²) in [6.45, 7) is 3.84. The van der Waals surface area contributed by atoms with Gasteiger partial charge in [0.05, 0.1) is 0 Å². The van der Waals surface area contributed by atoms with E-state index in [0.29, 0.717) is 5.15 Å². The van der Waals surface area contributed by atoms with E-state index in [1.807, 2.05) is 12.1 Å². The Morgan fingerprint density at radius 1 is 1.00 bits per heavy atom. The van der Waals surface area contributed by atoms with Gasteiger partial charge < -0.3 is 4.90 Å². The highest BCUT2D eigenvalue weighted by atomic mass is 35.5. The quantitative estimate of drug-likeness (QED) is 0.636. The van der Waals surface area contributed by atoms with Crippen molar-refractivity contribution >= 4 is 28.1 Å². The first kappa shape index (κ1) is 13.9. The fraction of sp³-hybridized carbons (Fsp3) is 0.167. The fourth-order valence-corrected chi connectivity index (χ4v) is 2.77. The summed E-state index contributed by atoms with van der Waals surface area (Å²) >= 11 is 6.19. The normalized spacial score (nSPS) is 10.8. The smallest absolute Gasteiger partial charge is 0.133 e. The van der Waals surface area contributed by atoms with E-state index in [1.54, 1.807) is 6.20 Å². The number of fused-ring (bicyclic) bond motifs is 1. The monoisotopic (exact) mass is 296 g/mol. The average molecular weight is 297 g/mol. The Hall–Kier alpha value is -2.06. The largest absolute Gasteiger partial charge is 0.367 e. The predicted molar refractivity (Wildman–Crippen MR) is 89.9 cm³/mol. The van der Waals surface area contributed by atoms with Crippen molar-refractivity contribution in [2.24, 2.45) is 0 Å². The van der Waals surface area contributed by atoms with E-state index in [1.165, 1.54) is 16.5 Å². The fourth-order valence-electron chi connectivity index (χ4n) is 2.59. The van der Waals surface area contributed by atoms with Gasteiger partial charge in [-0.2, -0.15) is 0 Å². The van der Waals surface area contributed by atoms with Gasteiger partial charge in [-0.15, -0.1) is 0 Å². The summed E-state index contributed by atoms with van der Waals surface area (Å²) in [7, 11) is 0. The Morgan fingerprint density at radius 3 is 2.62 bits per heavy atom. The van der Waals surface area contributed by atoms with Crippen LogP contribution in [0.25, 0.3) is 10.8 Å². The van der Waals surface area contributed by atoms with Crippen molar-refractivity contribution < 1.29 is 0 Å². The molecule has 0 saturated heterocycles. The van der Waals surface area contributed by atoms with Gasteiger partial charge in [-0.3, -0.25) is 0 Å². The molecule has 0 aliphatic heterocycles. The molecule has 1 heterocycles. The van der Waals surface area contributed by atoms with Crippen LogP contribution in [0, 0.1) is 0 Å². The molecule has 1 aromatic heterocycles. The second-order valence-corrected chi connectivity index (χ2v) is 5.32. The maximum absolute atomic E-state index is 6.19. The van der Waals surface area contributed by atoms with Crippen molar-refractivity contribution in [3.05, 3.63) is 71.5 Å². The van der Waals surface area contributed by atoms with Crippen molar-refractivity contribution in [3.8, 4) is 0 Å². The highest BCUT2D eigenvalue weighted by molar-refractivity contribution is 6.30. The second kappa shape index (κ2) is 6.15. The van der Waals surface area contributed by atoms with Gasteiger partial charge >= 0.3 is 0 Å². The summed E-state index contributed by atoms with van der Waals surface area (Å²) in [4.78, 5) is 6.49. The van der Waals surface area contributed by atoms with Crippen molar-refractivity contribution in [1.82, 2.24) is 4.98 Å². The molecule has 0 aliphatic rings. The molecule has 0 unspecified atom stereocenters. The number of hydrogen-bond acceptors (Lipinski definition) is 2. The molecule has 0 bridgehead atoms. The van der Waals surface area contributed by atoms with E-state index < -0.39 is 0 Å². The van der Waals surface area contributed by atoms with E-state index in [2.05, 4.69) is 59.3 Å². The van der Waals surface area contributed by atoms with E-state index in [4.69, 9.17) is 11.6 Å². The Balaban J connectivity index is 2.01. The van der Waals surface area contributed by atoms with Gasteiger partial charge in [0.15, 0.2) is 0 Å². The molecule has 0 amide bonds. The van der Waals surface area contributed by atoms with Gasteiger partial charge in [0.1, 0.15) is 5.15 Å². The summed E-state index contributed by atoms with van der Waals surface area (Å²) in [5, 5.41) is 3.10. The van der Waals surface area contributed by atoms with Gasteiger partial charge in [-0.1, -0.05) is 54.1 Å². The van der Waals surface area contributed by atoms with Gasteiger partial charge in [0, 0.05) is 35.9 Å². The van der Waals surface area contributed by atoms with Crippen LogP contribution in [0.2, 0.25) is 5.15 Å². The number of nitrogens with zero attached hydrogens (tertiary/aromatic N) is 2. The molecule has 0 saturated carbocycles. The van der Waals surface area contributed by atoms with Gasteiger partial charge in [-0.25, -0.2) is 4.98 Å². The third-order valence-electron chi connectivity index (χ3n) is 3.69. The Bertz CT molecular complexity index is 750. The Morgan fingerprint density at radius 2 is 1.81 bits per heavy atom. The van der Waals surface area contributed by atoms with Crippen molar-refractivity contribution in [3.63, 3.8) is 0 Å². The first-order valence-electron chi connectivity index (χ1n) is 7.11. The van der Waals surface area contributed by atoms with E-state index in [9.17, 15) is 0 Å². The second-order valence-electron chi connectivity index (χ2n) is 4.97. The van der Waals surface area contributed by atoms with Crippen LogP contribution in [0.4, 0.5) is 5.69 Å². The molecule has 2 aromatic carbocycles. The molecule has 2 nitrogen and oxygen atoms in total. The molecule has 3 heteroatoms. The maximum Gasteiger partial charge on any atom is 0.133 e. The molecular formula is C18H17ClN2. The Labute approximate surface area is 130 Å². The molecule has 0 radical (unpaired) electrons. The number of pyridine rings is 1. The first-order chi connectivity index (χ1) is 10.3. The highest BCUT2D eigenvalue weighted by Crippen LogP contribution is 2.28. The van der Waals surface area contributed by atoms with E-state index in [0.717, 1.165) is 18.7 Å². The summed E-state index contributed by atoms with van der Waals surface area (Å²) in [5.74, 6) is 0. The molecule has 3 rings (SSSR count). The van der Waals surface area contributed by atoms with Crippen molar-refractivity contribution in [2.45, 2.75) is 13.5 Å². The lowest BCUT2D eigenvalue weighted by Gasteiger charge is -2.25. The molecule has 0 N–H and O–H groups in total. The summed E-state index contributed by atoms with van der Waals surface area (Å²) in [6, 6.07) is 18.8. The molecule has 3 aromatic rings. The van der Waals surface area contributed by atoms with Crippen molar-refractivity contribution in [1.29, 1.82) is 0 Å². The molecule has 21 heavy (non-hydrogen) atoms. The van der Waals surface area contributed by atoms with Crippen molar-refractivity contribution in [2.75, 3.05) is 11.4 Å². The van der Waals surface area contributed by atoms with Gasteiger partial charge in [0.25, 0.3) is 0 Å². The van der Waals surface area contributed by atoms with Crippen LogP contribution in [-0.2, 0) is 6.54 Å². The standard InChI is InChI=1S/C18H17ClN2/c1-2-21(13-15-9-6-12-20-18(15)19)17-11-5-8-14-7-3-4-10-16(14)17/h3-12H,2,13H2,1H3. The molecular weight excluding hydrogens is 280 g/mol. The third kappa shape index (κ3) is 2.86. The van der Waals surface area contributed by atoms with E-state index >= 15 is 0 Å². The minimum atomic E-state index is 0.580. The van der Waals surface area contributed by atoms with Crippen LogP contribution >= 0.6 is 11.6 Å². The lowest BCUT2D eigenvalue weighted by molar-refractivity contribution is 0.832. The molecule has 0 aliphatic carbocycles. The zero-order valence-corrected chi connectivity index (χ0v) is 12.7. The molecule has 0 spiro atoms. The lowest BCUT2D eigenvalue weighted by atomic mass is 10.1. The minimum absolute atomic E-state index is 0.580. The first-order valence-corrected chi connectivity index (χ1v) is 7.49. The number of benzene rings is 2. The maximum atomic E-state index is 6.19. The van der Waals surface area contributed by atoms with E-state index in [-0.39, 0.29) is 0 Å². The number of rotatable bonds is 4. The van der Waals surface area contributed by atoms with Crippen LogP contribution < -0.4 is 4.90 Å². The number of anilines is 1. The molecule has 106 valence electrons. The lowest BCUT2D eigenvalue weighted by Crippen LogP contribution is -2.22. The van der Waals surface area contributed by atoms with Crippen LogP contribution in [-0.4, -0.2) is 11.5 Å². The van der Waals surface area contributed by atoms with Crippen LogP contribution in [0.5, 0.6) is 0 Å². The molecule has 0 fully saturated rings. The summed E-state index contributed by atoms with van der Waals surface area (Å²) < 4.78 is 0. The van der Waals surface area contributed by atoms with Crippen LogP contribution in [0.15, 0.2) is 60.8 Å². The van der Waals surface area contributed by atoms with Gasteiger partial charge in [0.2, 0.25) is 0 Å². The third-order valence-corrected chi connectivity index (χ3v) is 4.03. The highest BCUT2D eigenvalue weighted by Gasteiger charge is 2.11. The molecule has 0 atom stereocenters. The topological polar surface area (TPSA) is 16.1 Å². The zero-order valence-electron chi connectivity index (χ0n) is 12.0. The van der Waals surface area contributed by atoms with Crippen LogP contribution in [0.3, 0.4) is 0 Å². The van der Waals surface area contributed by atoms with Gasteiger partial charge in [-0.05, 0) is 24.4 Å². The van der Waals surface area contributed by atoms with Crippen LogP contribution in [0.1, 0.15) is 12.5 Å². The predicted octanol–water partition coefficient (Wildman–Crippen LogP) is 4.91. The average Bonchev–Trinajstić information content (AvgIpc) is 2.54. The zero-order chi connectivity index (χ0) is 14.7. The summed E-state index contributed by atoms with van der Waals surface area (Å²) in [5.41, 5.74) is 2.28. The SMILES string of the molecule is CCN(Cc1cccnc1Cl)c1cccc2ccccc12. The minimum Gasteiger partial charge on any atom is -0.367 e. The Kier molecular flexibility index (Phi) is 4.07. The number of hydrogen-bond donors (Lipinski definition) is 0.